The predicted molar refractivity (Wildman–Crippen MR) is 107 cm³/mol. The topological polar surface area (TPSA) is 75.7 Å². The van der Waals surface area contributed by atoms with Crippen molar-refractivity contribution in [2.45, 2.75) is 25.7 Å². The number of benzene rings is 2. The van der Waals surface area contributed by atoms with Crippen molar-refractivity contribution >= 4 is 33.2 Å². The molecular weight excluding hydrogens is 407 g/mol. The number of nitrogens with one attached hydrogen (secondary N) is 1. The van der Waals surface area contributed by atoms with Crippen LogP contribution in [0, 0.1) is 5.82 Å². The number of nitrogens with zero attached hydrogens (tertiary/aromatic N) is 1. The Balaban J connectivity index is 2.46. The van der Waals surface area contributed by atoms with Gasteiger partial charge in [-0.3, -0.25) is 4.79 Å². The molecule has 0 saturated carbocycles. The van der Waals surface area contributed by atoms with Gasteiger partial charge in [0.1, 0.15) is 16.5 Å². The fourth-order valence-electron chi connectivity index (χ4n) is 2.67. The molecule has 2 aromatic rings. The summed E-state index contributed by atoms with van der Waals surface area (Å²) in [5.41, 5.74) is -0.135. The standard InChI is InChI=1S/C19H22ClFN2O4S/c1-4-23(5-2)28(25,26)17-12-13(10-11-16(17)27-6-3)22-19(24)18-14(20)8-7-9-15(18)21/h7-12H,4-6H2,1-3H3,(H,22,24). The van der Waals surface area contributed by atoms with Crippen LogP contribution in [0.3, 0.4) is 0 Å². The molecule has 0 unspecified atom stereocenters. The monoisotopic (exact) mass is 428 g/mol. The average molecular weight is 429 g/mol. The van der Waals surface area contributed by atoms with Gasteiger partial charge < -0.3 is 10.1 Å². The second kappa shape index (κ2) is 9.36. The summed E-state index contributed by atoms with van der Waals surface area (Å²) >= 11 is 5.92. The number of ether oxygens (including phenoxy) is 1. The van der Waals surface area contributed by atoms with Gasteiger partial charge in [0, 0.05) is 18.8 Å². The minimum atomic E-state index is -3.84. The SMILES string of the molecule is CCOc1ccc(NC(=O)c2c(F)cccc2Cl)cc1S(=O)(=O)N(CC)CC. The summed E-state index contributed by atoms with van der Waals surface area (Å²) in [5.74, 6) is -1.37. The van der Waals surface area contributed by atoms with Crippen LogP contribution in [0.5, 0.6) is 5.75 Å². The van der Waals surface area contributed by atoms with Gasteiger partial charge in [-0.15, -0.1) is 0 Å². The molecule has 2 rings (SSSR count). The van der Waals surface area contributed by atoms with Crippen LogP contribution in [0.1, 0.15) is 31.1 Å². The molecule has 1 N–H and O–H groups in total. The molecule has 28 heavy (non-hydrogen) atoms. The minimum Gasteiger partial charge on any atom is -0.492 e. The highest BCUT2D eigenvalue weighted by Crippen LogP contribution is 2.30. The lowest BCUT2D eigenvalue weighted by atomic mass is 10.2. The molecule has 0 spiro atoms. The van der Waals surface area contributed by atoms with Crippen molar-refractivity contribution in [2.75, 3.05) is 25.0 Å². The molecule has 0 bridgehead atoms. The molecule has 1 amide bonds. The van der Waals surface area contributed by atoms with Gasteiger partial charge in [0.15, 0.2) is 0 Å². The van der Waals surface area contributed by atoms with Crippen molar-refractivity contribution in [3.63, 3.8) is 0 Å². The molecule has 0 saturated heterocycles. The van der Waals surface area contributed by atoms with E-state index in [4.69, 9.17) is 16.3 Å². The number of sulfonamides is 1. The van der Waals surface area contributed by atoms with Crippen LogP contribution in [0.15, 0.2) is 41.3 Å². The van der Waals surface area contributed by atoms with Crippen molar-refractivity contribution < 1.29 is 22.3 Å². The van der Waals surface area contributed by atoms with Crippen LogP contribution < -0.4 is 10.1 Å². The van der Waals surface area contributed by atoms with E-state index in [2.05, 4.69) is 5.32 Å². The zero-order valence-electron chi connectivity index (χ0n) is 15.8. The van der Waals surface area contributed by atoms with E-state index in [0.29, 0.717) is 0 Å². The van der Waals surface area contributed by atoms with E-state index in [1.807, 2.05) is 0 Å². The van der Waals surface area contributed by atoms with Crippen LogP contribution in [-0.2, 0) is 10.0 Å². The van der Waals surface area contributed by atoms with E-state index in [1.165, 1.54) is 34.6 Å². The van der Waals surface area contributed by atoms with Crippen molar-refractivity contribution in [2.24, 2.45) is 0 Å². The molecule has 0 fully saturated rings. The first-order valence-electron chi connectivity index (χ1n) is 8.78. The largest absolute Gasteiger partial charge is 0.492 e. The Bertz CT molecular complexity index is 942. The number of carbonyl (C=O) groups is 1. The number of anilines is 1. The van der Waals surface area contributed by atoms with E-state index in [1.54, 1.807) is 20.8 Å². The molecule has 0 aromatic heterocycles. The molecule has 0 aliphatic heterocycles. The highest BCUT2D eigenvalue weighted by atomic mass is 35.5. The third kappa shape index (κ3) is 4.63. The van der Waals surface area contributed by atoms with Crippen molar-refractivity contribution in [1.29, 1.82) is 0 Å². The Morgan fingerprint density at radius 3 is 2.43 bits per heavy atom. The third-order valence-electron chi connectivity index (χ3n) is 4.01. The van der Waals surface area contributed by atoms with Crippen LogP contribution in [0.25, 0.3) is 0 Å². The lowest BCUT2D eigenvalue weighted by Crippen LogP contribution is -2.31. The summed E-state index contributed by atoms with van der Waals surface area (Å²) in [4.78, 5) is 12.4. The molecule has 2 aromatic carbocycles. The third-order valence-corrected chi connectivity index (χ3v) is 6.40. The van der Waals surface area contributed by atoms with Gasteiger partial charge in [0.05, 0.1) is 17.2 Å². The van der Waals surface area contributed by atoms with E-state index in [-0.39, 0.29) is 46.6 Å². The Morgan fingerprint density at radius 2 is 1.86 bits per heavy atom. The second-order valence-electron chi connectivity index (χ2n) is 5.73. The van der Waals surface area contributed by atoms with E-state index >= 15 is 0 Å². The lowest BCUT2D eigenvalue weighted by Gasteiger charge is -2.21. The summed E-state index contributed by atoms with van der Waals surface area (Å²) in [7, 11) is -3.84. The first-order valence-corrected chi connectivity index (χ1v) is 10.6. The molecule has 152 valence electrons. The first kappa shape index (κ1) is 22.1. The number of halogens is 2. The van der Waals surface area contributed by atoms with Gasteiger partial charge in [-0.05, 0) is 37.3 Å². The Morgan fingerprint density at radius 1 is 1.18 bits per heavy atom. The molecular formula is C19H22ClFN2O4S. The van der Waals surface area contributed by atoms with E-state index in [9.17, 15) is 17.6 Å². The molecule has 0 atom stereocenters. The lowest BCUT2D eigenvalue weighted by molar-refractivity contribution is 0.102. The van der Waals surface area contributed by atoms with Gasteiger partial charge in [-0.25, -0.2) is 12.8 Å². The first-order chi connectivity index (χ1) is 13.3. The molecule has 0 radical (unpaired) electrons. The average Bonchev–Trinajstić information content (AvgIpc) is 2.63. The van der Waals surface area contributed by atoms with Gasteiger partial charge in [-0.1, -0.05) is 31.5 Å². The maximum Gasteiger partial charge on any atom is 0.260 e. The predicted octanol–water partition coefficient (Wildman–Crippen LogP) is 4.16. The molecule has 0 aliphatic carbocycles. The van der Waals surface area contributed by atoms with Crippen molar-refractivity contribution in [3.8, 4) is 5.75 Å². The molecule has 0 heterocycles. The number of hydrogen-bond donors (Lipinski definition) is 1. The van der Waals surface area contributed by atoms with Crippen molar-refractivity contribution in [1.82, 2.24) is 4.31 Å². The summed E-state index contributed by atoms with van der Waals surface area (Å²) in [5, 5.41) is 2.45. The number of hydrogen-bond acceptors (Lipinski definition) is 4. The van der Waals surface area contributed by atoms with Gasteiger partial charge in [0.25, 0.3) is 5.91 Å². The smallest absolute Gasteiger partial charge is 0.260 e. The zero-order chi connectivity index (χ0) is 20.9. The number of amides is 1. The van der Waals surface area contributed by atoms with Gasteiger partial charge in [0.2, 0.25) is 10.0 Å². The van der Waals surface area contributed by atoms with Crippen molar-refractivity contribution in [3.05, 3.63) is 52.8 Å². The summed E-state index contributed by atoms with van der Waals surface area (Å²) < 4.78 is 46.6. The fraction of sp³-hybridized carbons (Fsp3) is 0.316. The second-order valence-corrected chi connectivity index (χ2v) is 8.05. The normalized spacial score (nSPS) is 11.5. The Hall–Kier alpha value is -2.16. The van der Waals surface area contributed by atoms with Gasteiger partial charge in [-0.2, -0.15) is 4.31 Å². The van der Waals surface area contributed by atoms with Crippen LogP contribution in [0.2, 0.25) is 5.02 Å². The number of rotatable bonds is 8. The van der Waals surface area contributed by atoms with Crippen LogP contribution >= 0.6 is 11.6 Å². The highest BCUT2D eigenvalue weighted by molar-refractivity contribution is 7.89. The molecule has 0 aliphatic rings. The van der Waals surface area contributed by atoms with Crippen LogP contribution in [0.4, 0.5) is 10.1 Å². The van der Waals surface area contributed by atoms with Gasteiger partial charge >= 0.3 is 0 Å². The Labute approximate surface area is 169 Å². The van der Waals surface area contributed by atoms with E-state index < -0.39 is 21.7 Å². The highest BCUT2D eigenvalue weighted by Gasteiger charge is 2.26. The quantitative estimate of drug-likeness (QED) is 0.685. The maximum atomic E-state index is 14.0. The zero-order valence-corrected chi connectivity index (χ0v) is 17.4. The summed E-state index contributed by atoms with van der Waals surface area (Å²) in [6.07, 6.45) is 0. The Kier molecular flexibility index (Phi) is 7.40. The minimum absolute atomic E-state index is 0.0422. The number of carbonyl (C=O) groups excluding carboxylic acids is 1. The van der Waals surface area contributed by atoms with Crippen LogP contribution in [-0.4, -0.2) is 38.3 Å². The fourth-order valence-corrected chi connectivity index (χ4v) is 4.54. The van der Waals surface area contributed by atoms with E-state index in [0.717, 1.165) is 6.07 Å². The summed E-state index contributed by atoms with van der Waals surface area (Å²) in [6.45, 7) is 6.04. The summed E-state index contributed by atoms with van der Waals surface area (Å²) in [6, 6.07) is 8.14. The molecule has 6 nitrogen and oxygen atoms in total. The molecule has 9 heteroatoms. The maximum absolute atomic E-state index is 14.0.